The third-order valence-electron chi connectivity index (χ3n) is 5.07. The summed E-state index contributed by atoms with van der Waals surface area (Å²) in [6, 6.07) is 20.6. The molecule has 0 saturated carbocycles. The Morgan fingerprint density at radius 2 is 1.59 bits per heavy atom. The molecule has 0 unspecified atom stereocenters. The number of aromatic nitrogens is 4. The molecule has 0 aliphatic carbocycles. The Morgan fingerprint density at radius 1 is 0.875 bits per heavy atom. The highest BCUT2D eigenvalue weighted by Crippen LogP contribution is 2.22. The molecule has 3 aromatic carbocycles. The number of rotatable bonds is 4. The molecule has 5 aromatic rings. The Labute approximate surface area is 180 Å². The summed E-state index contributed by atoms with van der Waals surface area (Å²) < 4.78 is 1.21. The van der Waals surface area contributed by atoms with E-state index >= 15 is 0 Å². The van der Waals surface area contributed by atoms with Gasteiger partial charge in [-0.05, 0) is 36.4 Å². The van der Waals surface area contributed by atoms with Crippen LogP contribution in [0.4, 0.5) is 5.69 Å². The van der Waals surface area contributed by atoms with Crippen LogP contribution < -0.4 is 16.6 Å². The largest absolute Gasteiger partial charge is 0.364 e. The summed E-state index contributed by atoms with van der Waals surface area (Å²) in [6.07, 6.45) is 0. The van der Waals surface area contributed by atoms with Crippen molar-refractivity contribution in [1.82, 2.24) is 20.0 Å². The third kappa shape index (κ3) is 3.18. The molecule has 0 atom stereocenters. The molecule has 0 spiro atoms. The average molecular weight is 424 g/mol. The van der Waals surface area contributed by atoms with E-state index in [2.05, 4.69) is 20.6 Å². The van der Waals surface area contributed by atoms with Gasteiger partial charge in [0.2, 0.25) is 0 Å². The second kappa shape index (κ2) is 7.47. The van der Waals surface area contributed by atoms with Crippen LogP contribution >= 0.6 is 0 Å². The molecule has 9 nitrogen and oxygen atoms in total. The van der Waals surface area contributed by atoms with Gasteiger partial charge in [0.05, 0.1) is 16.6 Å². The van der Waals surface area contributed by atoms with Crippen LogP contribution in [0, 0.1) is 0 Å². The number of nitrogens with zero attached hydrogens (tertiary/aromatic N) is 3. The average Bonchev–Trinajstić information content (AvgIpc) is 3.23. The quantitative estimate of drug-likeness (QED) is 0.407. The highest BCUT2D eigenvalue weighted by atomic mass is 16.2. The number of carbonyl (C=O) groups is 2. The van der Waals surface area contributed by atoms with Crippen LogP contribution in [-0.2, 0) is 0 Å². The second-order valence-corrected chi connectivity index (χ2v) is 7.10. The highest BCUT2D eigenvalue weighted by Gasteiger charge is 2.18. The number of nitrogens with two attached hydrogens (primary N) is 1. The van der Waals surface area contributed by atoms with Gasteiger partial charge in [0, 0.05) is 16.5 Å². The summed E-state index contributed by atoms with van der Waals surface area (Å²) in [6.45, 7) is 0. The minimum Gasteiger partial charge on any atom is -0.364 e. The topological polar surface area (TPSA) is 136 Å². The maximum atomic E-state index is 13.2. The van der Waals surface area contributed by atoms with Gasteiger partial charge in [-0.25, -0.2) is 0 Å². The summed E-state index contributed by atoms with van der Waals surface area (Å²) in [4.78, 5) is 37.8. The minimum absolute atomic E-state index is 0.0808. The van der Waals surface area contributed by atoms with Gasteiger partial charge < -0.3 is 11.1 Å². The van der Waals surface area contributed by atoms with Crippen LogP contribution in [0.15, 0.2) is 77.6 Å². The summed E-state index contributed by atoms with van der Waals surface area (Å²) in [7, 11) is 0. The molecule has 2 aromatic heterocycles. The maximum absolute atomic E-state index is 13.2. The first-order valence-electron chi connectivity index (χ1n) is 9.70. The van der Waals surface area contributed by atoms with Crippen molar-refractivity contribution >= 4 is 39.2 Å². The maximum Gasteiger partial charge on any atom is 0.279 e. The summed E-state index contributed by atoms with van der Waals surface area (Å²) in [5.74, 6) is -1.18. The SMILES string of the molecule is NC(=O)c1n[nH]c2ccc(NC(=O)c3nn(-c4ccccc4)c(=O)c4ccccc34)cc12. The number of para-hydroxylation sites is 1. The van der Waals surface area contributed by atoms with Crippen molar-refractivity contribution in [2.24, 2.45) is 5.73 Å². The van der Waals surface area contributed by atoms with Crippen molar-refractivity contribution in [1.29, 1.82) is 0 Å². The van der Waals surface area contributed by atoms with Crippen molar-refractivity contribution in [3.63, 3.8) is 0 Å². The van der Waals surface area contributed by atoms with Gasteiger partial charge in [0.15, 0.2) is 11.4 Å². The Hall–Kier alpha value is -4.79. The van der Waals surface area contributed by atoms with Gasteiger partial charge >= 0.3 is 0 Å². The van der Waals surface area contributed by atoms with Crippen LogP contribution in [-0.4, -0.2) is 31.8 Å². The predicted molar refractivity (Wildman–Crippen MR) is 120 cm³/mol. The van der Waals surface area contributed by atoms with E-state index < -0.39 is 11.8 Å². The van der Waals surface area contributed by atoms with Crippen molar-refractivity contribution in [2.45, 2.75) is 0 Å². The Morgan fingerprint density at radius 3 is 2.34 bits per heavy atom. The molecule has 0 aliphatic rings. The number of amides is 2. The number of hydrogen-bond acceptors (Lipinski definition) is 5. The highest BCUT2D eigenvalue weighted by molar-refractivity contribution is 6.12. The van der Waals surface area contributed by atoms with E-state index in [1.165, 1.54) is 4.68 Å². The molecule has 156 valence electrons. The molecule has 2 amide bonds. The fourth-order valence-electron chi connectivity index (χ4n) is 3.57. The molecule has 4 N–H and O–H groups in total. The van der Waals surface area contributed by atoms with Gasteiger partial charge in [0.1, 0.15) is 0 Å². The summed E-state index contributed by atoms with van der Waals surface area (Å²) in [5.41, 5.74) is 6.79. The normalized spacial score (nSPS) is 11.0. The lowest BCUT2D eigenvalue weighted by Gasteiger charge is -2.11. The monoisotopic (exact) mass is 424 g/mol. The van der Waals surface area contributed by atoms with Crippen LogP contribution in [0.5, 0.6) is 0 Å². The molecule has 0 saturated heterocycles. The summed E-state index contributed by atoms with van der Waals surface area (Å²) >= 11 is 0. The Kier molecular flexibility index (Phi) is 4.48. The molecular weight excluding hydrogens is 408 g/mol. The number of nitrogens with one attached hydrogen (secondary N) is 2. The molecule has 0 fully saturated rings. The molecule has 32 heavy (non-hydrogen) atoms. The second-order valence-electron chi connectivity index (χ2n) is 7.10. The molecule has 0 aliphatic heterocycles. The first-order chi connectivity index (χ1) is 15.5. The molecular formula is C23H16N6O3. The number of hydrogen-bond donors (Lipinski definition) is 3. The van der Waals surface area contributed by atoms with E-state index in [1.807, 2.05) is 6.07 Å². The van der Waals surface area contributed by atoms with Crippen molar-refractivity contribution in [2.75, 3.05) is 5.32 Å². The smallest absolute Gasteiger partial charge is 0.279 e. The number of anilines is 1. The van der Waals surface area contributed by atoms with E-state index in [0.29, 0.717) is 33.1 Å². The van der Waals surface area contributed by atoms with Gasteiger partial charge in [-0.1, -0.05) is 36.4 Å². The van der Waals surface area contributed by atoms with E-state index in [-0.39, 0.29) is 16.9 Å². The van der Waals surface area contributed by atoms with Gasteiger partial charge in [-0.15, -0.1) is 0 Å². The zero-order valence-corrected chi connectivity index (χ0v) is 16.6. The number of primary amides is 1. The van der Waals surface area contributed by atoms with Crippen LogP contribution in [0.3, 0.4) is 0 Å². The van der Waals surface area contributed by atoms with Gasteiger partial charge in [-0.2, -0.15) is 14.9 Å². The number of fused-ring (bicyclic) bond motifs is 2. The zero-order valence-electron chi connectivity index (χ0n) is 16.6. The third-order valence-corrected chi connectivity index (χ3v) is 5.07. The van der Waals surface area contributed by atoms with Crippen molar-refractivity contribution in [3.8, 4) is 5.69 Å². The fraction of sp³-hybridized carbons (Fsp3) is 0. The number of carbonyl (C=O) groups excluding carboxylic acids is 2. The molecule has 0 bridgehead atoms. The molecule has 0 radical (unpaired) electrons. The van der Waals surface area contributed by atoms with Gasteiger partial charge in [-0.3, -0.25) is 19.5 Å². The van der Waals surface area contributed by atoms with E-state index in [0.717, 1.165) is 0 Å². The molecule has 5 rings (SSSR count). The predicted octanol–water partition coefficient (Wildman–Crippen LogP) is 2.61. The summed E-state index contributed by atoms with van der Waals surface area (Å²) in [5, 5.41) is 15.1. The first-order valence-corrected chi connectivity index (χ1v) is 9.70. The Balaban J connectivity index is 1.61. The van der Waals surface area contributed by atoms with Crippen LogP contribution in [0.1, 0.15) is 21.0 Å². The van der Waals surface area contributed by atoms with E-state index in [4.69, 9.17) is 5.73 Å². The van der Waals surface area contributed by atoms with Crippen LogP contribution in [0.2, 0.25) is 0 Å². The first kappa shape index (κ1) is 19.2. The Bertz CT molecular complexity index is 1570. The van der Waals surface area contributed by atoms with Crippen molar-refractivity contribution < 1.29 is 9.59 Å². The number of benzene rings is 3. The van der Waals surface area contributed by atoms with Gasteiger partial charge in [0.25, 0.3) is 17.4 Å². The lowest BCUT2D eigenvalue weighted by atomic mass is 10.1. The van der Waals surface area contributed by atoms with E-state index in [1.54, 1.807) is 66.7 Å². The zero-order chi connectivity index (χ0) is 22.2. The molecule has 9 heteroatoms. The standard InChI is InChI=1S/C23H16N6O3/c24-21(30)19-17-12-13(10-11-18(17)26-27-19)25-22(31)20-15-8-4-5-9-16(15)23(32)29(28-20)14-6-2-1-3-7-14/h1-12H,(H2,24,30)(H,25,31)(H,26,27). The van der Waals surface area contributed by atoms with Crippen LogP contribution in [0.25, 0.3) is 27.4 Å². The van der Waals surface area contributed by atoms with E-state index in [9.17, 15) is 14.4 Å². The minimum atomic E-state index is -0.678. The molecule has 2 heterocycles. The lowest BCUT2D eigenvalue weighted by Crippen LogP contribution is -2.26. The van der Waals surface area contributed by atoms with Crippen molar-refractivity contribution in [3.05, 3.63) is 94.5 Å². The number of H-pyrrole nitrogens is 1. The number of aromatic amines is 1. The lowest BCUT2D eigenvalue weighted by molar-refractivity contribution is 0.0994. The fourth-order valence-corrected chi connectivity index (χ4v) is 3.57.